The summed E-state index contributed by atoms with van der Waals surface area (Å²) >= 11 is 0.962. The van der Waals surface area contributed by atoms with E-state index in [2.05, 4.69) is 20.6 Å². The van der Waals surface area contributed by atoms with E-state index in [1.54, 1.807) is 0 Å². The van der Waals surface area contributed by atoms with Gasteiger partial charge in [0, 0.05) is 63.3 Å². The second-order valence-corrected chi connectivity index (χ2v) is 14.2. The molecule has 0 radical (unpaired) electrons. The summed E-state index contributed by atoms with van der Waals surface area (Å²) in [5, 5.41) is 6.30. The first kappa shape index (κ1) is 26.7. The SMILES string of the molecule is CC1(Nc2cc(C(F)F)c(-c3sc(C(=O)NC4CCS(=O)CC4)nc3C(=O)N3C4CCC3CC4)cn2)CCC1. The second kappa shape index (κ2) is 10.5. The van der Waals surface area contributed by atoms with Crippen LogP contribution in [0.1, 0.15) is 97.0 Å². The van der Waals surface area contributed by atoms with Crippen LogP contribution in [-0.2, 0) is 10.8 Å². The molecule has 1 aliphatic carbocycles. The average Bonchev–Trinajstić information content (AvgIpc) is 3.63. The number of carbonyl (C=O) groups is 2. The van der Waals surface area contributed by atoms with Gasteiger partial charge in [-0.15, -0.1) is 11.3 Å². The lowest BCUT2D eigenvalue weighted by molar-refractivity contribution is 0.0725. The van der Waals surface area contributed by atoms with Gasteiger partial charge in [0.15, 0.2) is 5.01 Å². The van der Waals surface area contributed by atoms with Crippen molar-refractivity contribution in [3.63, 3.8) is 0 Å². The van der Waals surface area contributed by atoms with Crippen LogP contribution in [0.2, 0.25) is 0 Å². The van der Waals surface area contributed by atoms with E-state index in [1.807, 2.05) is 11.8 Å². The minimum atomic E-state index is -2.80. The quantitative estimate of drug-likeness (QED) is 0.485. The molecule has 8 nitrogen and oxygen atoms in total. The first-order valence-electron chi connectivity index (χ1n) is 13.8. The molecule has 2 amide bonds. The molecule has 4 aliphatic rings. The van der Waals surface area contributed by atoms with E-state index in [4.69, 9.17) is 0 Å². The summed E-state index contributed by atoms with van der Waals surface area (Å²) in [4.78, 5) is 38.1. The lowest BCUT2D eigenvalue weighted by Crippen LogP contribution is -2.41. The van der Waals surface area contributed by atoms with E-state index in [0.29, 0.717) is 30.2 Å². The summed E-state index contributed by atoms with van der Waals surface area (Å²) < 4.78 is 40.6. The second-order valence-electron chi connectivity index (χ2n) is 11.5. The standard InChI is InChI=1S/C27H33F2N5O3S2/c1-27(9-2-10-27)33-20-13-18(23(28)29)19(14-30-20)22-21(26(36)34-16-3-4-17(34)6-5-16)32-25(38-22)24(35)31-15-7-11-39(37)12-8-15/h13-17,23H,2-12H2,1H3,(H,30,33)(H,31,35). The molecule has 0 aromatic carbocycles. The number of fused-ring (bicyclic) bond motifs is 2. The zero-order valence-electron chi connectivity index (χ0n) is 21.9. The minimum absolute atomic E-state index is 0.0454. The zero-order valence-corrected chi connectivity index (χ0v) is 23.5. The third kappa shape index (κ3) is 5.21. The fourth-order valence-corrected chi connectivity index (χ4v) is 8.64. The number of aromatic nitrogens is 2. The Morgan fingerprint density at radius 1 is 1.13 bits per heavy atom. The van der Waals surface area contributed by atoms with Gasteiger partial charge >= 0.3 is 0 Å². The van der Waals surface area contributed by atoms with Gasteiger partial charge in [0.25, 0.3) is 18.2 Å². The number of nitrogens with zero attached hydrogens (tertiary/aromatic N) is 3. The van der Waals surface area contributed by atoms with Crippen molar-refractivity contribution >= 4 is 39.8 Å². The van der Waals surface area contributed by atoms with Crippen LogP contribution in [0.5, 0.6) is 0 Å². The van der Waals surface area contributed by atoms with Crippen molar-refractivity contribution in [1.82, 2.24) is 20.2 Å². The van der Waals surface area contributed by atoms with E-state index in [-0.39, 0.29) is 56.3 Å². The van der Waals surface area contributed by atoms with Gasteiger partial charge in [-0.3, -0.25) is 13.8 Å². The van der Waals surface area contributed by atoms with E-state index >= 15 is 0 Å². The third-order valence-electron chi connectivity index (χ3n) is 8.74. The van der Waals surface area contributed by atoms with Gasteiger partial charge in [-0.05, 0) is 70.8 Å². The number of halogens is 2. The molecule has 2 aromatic heterocycles. The molecule has 0 spiro atoms. The summed E-state index contributed by atoms with van der Waals surface area (Å²) in [5.41, 5.74) is -0.219. The van der Waals surface area contributed by atoms with Crippen LogP contribution < -0.4 is 10.6 Å². The highest BCUT2D eigenvalue weighted by Crippen LogP contribution is 2.43. The molecule has 3 aliphatic heterocycles. The lowest BCUT2D eigenvalue weighted by atomic mass is 9.78. The van der Waals surface area contributed by atoms with Crippen molar-refractivity contribution < 1.29 is 22.6 Å². The Morgan fingerprint density at radius 2 is 1.79 bits per heavy atom. The number of amides is 2. The summed E-state index contributed by atoms with van der Waals surface area (Å²) in [6, 6.07) is 1.48. The van der Waals surface area contributed by atoms with Gasteiger partial charge < -0.3 is 15.5 Å². The van der Waals surface area contributed by atoms with Gasteiger partial charge in [0.05, 0.1) is 4.88 Å². The first-order valence-corrected chi connectivity index (χ1v) is 16.1. The van der Waals surface area contributed by atoms with Gasteiger partial charge in [-0.1, -0.05) is 0 Å². The number of alkyl halides is 2. The molecule has 0 atom stereocenters. The Labute approximate surface area is 232 Å². The fraction of sp³-hybridized carbons (Fsp3) is 0.630. The Bertz CT molecular complexity index is 1280. The van der Waals surface area contributed by atoms with Gasteiger partial charge in [0.1, 0.15) is 11.5 Å². The van der Waals surface area contributed by atoms with E-state index in [1.165, 1.54) is 12.3 Å². The van der Waals surface area contributed by atoms with Crippen LogP contribution in [-0.4, -0.2) is 66.1 Å². The minimum Gasteiger partial charge on any atom is -0.365 e. The monoisotopic (exact) mass is 577 g/mol. The molecule has 2 aromatic rings. The van der Waals surface area contributed by atoms with Crippen LogP contribution in [0, 0.1) is 0 Å². The first-order chi connectivity index (χ1) is 18.7. The van der Waals surface area contributed by atoms with Gasteiger partial charge in [-0.2, -0.15) is 0 Å². The Morgan fingerprint density at radius 3 is 2.38 bits per heavy atom. The predicted octanol–water partition coefficient (Wildman–Crippen LogP) is 4.91. The Kier molecular flexibility index (Phi) is 7.20. The Balaban J connectivity index is 1.35. The summed E-state index contributed by atoms with van der Waals surface area (Å²) in [5.74, 6) is 0.684. The number of nitrogens with one attached hydrogen (secondary N) is 2. The molecular weight excluding hydrogens is 544 g/mol. The third-order valence-corrected chi connectivity index (χ3v) is 11.2. The molecule has 5 heterocycles. The van der Waals surface area contributed by atoms with Crippen molar-refractivity contribution in [3.05, 3.63) is 28.5 Å². The molecule has 4 fully saturated rings. The summed E-state index contributed by atoms with van der Waals surface area (Å²) in [7, 11) is -0.864. The van der Waals surface area contributed by atoms with Crippen LogP contribution in [0.15, 0.2) is 12.3 Å². The summed E-state index contributed by atoms with van der Waals surface area (Å²) in [6.45, 7) is 2.05. The molecule has 2 N–H and O–H groups in total. The molecule has 12 heteroatoms. The van der Waals surface area contributed by atoms with Crippen molar-refractivity contribution in [2.75, 3.05) is 16.8 Å². The van der Waals surface area contributed by atoms with Crippen molar-refractivity contribution in [2.45, 2.75) is 94.8 Å². The topological polar surface area (TPSA) is 104 Å². The zero-order chi connectivity index (χ0) is 27.3. The molecule has 39 heavy (non-hydrogen) atoms. The van der Waals surface area contributed by atoms with Crippen LogP contribution in [0.25, 0.3) is 10.4 Å². The summed E-state index contributed by atoms with van der Waals surface area (Å²) in [6.07, 6.45) is 6.47. The molecule has 210 valence electrons. The molecular formula is C27H33F2N5O3S2. The maximum atomic E-state index is 14.4. The number of hydrogen-bond acceptors (Lipinski definition) is 7. The number of anilines is 1. The lowest BCUT2D eigenvalue weighted by Gasteiger charge is -2.39. The predicted molar refractivity (Wildman–Crippen MR) is 147 cm³/mol. The van der Waals surface area contributed by atoms with Crippen LogP contribution in [0.4, 0.5) is 14.6 Å². The largest absolute Gasteiger partial charge is 0.365 e. The average molecular weight is 578 g/mol. The van der Waals surface area contributed by atoms with Crippen LogP contribution >= 0.6 is 11.3 Å². The van der Waals surface area contributed by atoms with Crippen LogP contribution in [0.3, 0.4) is 0 Å². The van der Waals surface area contributed by atoms with E-state index < -0.39 is 23.1 Å². The molecule has 3 saturated heterocycles. The smallest absolute Gasteiger partial charge is 0.280 e. The Hall–Kier alpha value is -2.47. The molecule has 6 rings (SSSR count). The highest BCUT2D eigenvalue weighted by molar-refractivity contribution is 7.85. The normalized spacial score (nSPS) is 27.4. The number of carbonyl (C=O) groups excluding carboxylic acids is 2. The highest BCUT2D eigenvalue weighted by Gasteiger charge is 2.44. The number of hydrogen-bond donors (Lipinski definition) is 2. The maximum Gasteiger partial charge on any atom is 0.280 e. The number of thiazole rings is 1. The highest BCUT2D eigenvalue weighted by atomic mass is 32.2. The van der Waals surface area contributed by atoms with Gasteiger partial charge in [0.2, 0.25) is 0 Å². The van der Waals surface area contributed by atoms with Crippen molar-refractivity contribution in [2.24, 2.45) is 0 Å². The van der Waals surface area contributed by atoms with Crippen molar-refractivity contribution in [1.29, 1.82) is 0 Å². The van der Waals surface area contributed by atoms with Crippen molar-refractivity contribution in [3.8, 4) is 10.4 Å². The van der Waals surface area contributed by atoms with Gasteiger partial charge in [-0.25, -0.2) is 18.7 Å². The number of rotatable bonds is 7. The maximum absolute atomic E-state index is 14.4. The fourth-order valence-electron chi connectivity index (χ4n) is 6.35. The molecule has 2 bridgehead atoms. The van der Waals surface area contributed by atoms with E-state index in [0.717, 1.165) is 56.3 Å². The molecule has 1 saturated carbocycles. The molecule has 0 unspecified atom stereocenters. The van der Waals surface area contributed by atoms with E-state index in [9.17, 15) is 22.6 Å². The number of pyridine rings is 1.